The number of unbranched alkanes of at least 4 members (excludes halogenated alkanes) is 1. The monoisotopic (exact) mass is 186 g/mol. The number of rotatable bonds is 4. The van der Waals surface area contributed by atoms with E-state index in [9.17, 15) is 4.79 Å². The molecule has 1 aliphatic heterocycles. The summed E-state index contributed by atoms with van der Waals surface area (Å²) in [4.78, 5) is 12.7. The lowest BCUT2D eigenvalue weighted by molar-refractivity contribution is 0.167. The van der Waals surface area contributed by atoms with Crippen molar-refractivity contribution >= 4 is 6.03 Å². The number of nitrogens with two attached hydrogens (primary N) is 1. The summed E-state index contributed by atoms with van der Waals surface area (Å²) in [6, 6.07) is -0.361. The highest BCUT2D eigenvalue weighted by Gasteiger charge is 2.23. The third kappa shape index (κ3) is 2.86. The molecule has 76 valence electrons. The molecule has 5 nitrogen and oxygen atoms in total. The maximum absolute atomic E-state index is 11.1. The highest BCUT2D eigenvalue weighted by atomic mass is 16.2. The Morgan fingerprint density at radius 3 is 2.62 bits per heavy atom. The van der Waals surface area contributed by atoms with E-state index in [0.29, 0.717) is 0 Å². The molecule has 0 aromatic carbocycles. The van der Waals surface area contributed by atoms with Gasteiger partial charge in [0.05, 0.1) is 0 Å². The number of nitrogens with one attached hydrogen (secondary N) is 2. The number of nitrogens with zero attached hydrogens (tertiary/aromatic N) is 1. The van der Waals surface area contributed by atoms with Crippen LogP contribution < -0.4 is 16.4 Å². The van der Waals surface area contributed by atoms with Crippen LogP contribution in [0.2, 0.25) is 0 Å². The van der Waals surface area contributed by atoms with Crippen LogP contribution in [0.25, 0.3) is 0 Å². The zero-order valence-corrected chi connectivity index (χ0v) is 8.05. The Hall–Kier alpha value is -0.810. The maximum atomic E-state index is 11.1. The Balaban J connectivity index is 2.40. The van der Waals surface area contributed by atoms with E-state index in [4.69, 9.17) is 5.73 Å². The topological polar surface area (TPSA) is 70.4 Å². The number of carbonyl (C=O) groups excluding carboxylic acids is 1. The fraction of sp³-hybridized carbons (Fsp3) is 0.875. The second kappa shape index (κ2) is 5.04. The molecule has 0 aromatic rings. The normalized spacial score (nSPS) is 17.6. The molecule has 1 aliphatic rings. The summed E-state index contributed by atoms with van der Waals surface area (Å²) in [6.45, 7) is 4.59. The first-order valence-electron chi connectivity index (χ1n) is 4.78. The first kappa shape index (κ1) is 10.3. The van der Waals surface area contributed by atoms with Crippen molar-refractivity contribution in [2.24, 2.45) is 5.73 Å². The third-order valence-corrected chi connectivity index (χ3v) is 2.15. The molecule has 13 heavy (non-hydrogen) atoms. The molecule has 0 unspecified atom stereocenters. The van der Waals surface area contributed by atoms with Crippen LogP contribution in [0.3, 0.4) is 0 Å². The van der Waals surface area contributed by atoms with Crippen molar-refractivity contribution in [2.45, 2.75) is 26.1 Å². The maximum Gasteiger partial charge on any atom is 0.317 e. The van der Waals surface area contributed by atoms with Crippen molar-refractivity contribution in [3.8, 4) is 0 Å². The summed E-state index contributed by atoms with van der Waals surface area (Å²) < 4.78 is 0. The average molecular weight is 186 g/mol. The fourth-order valence-electron chi connectivity index (χ4n) is 1.41. The van der Waals surface area contributed by atoms with Crippen molar-refractivity contribution in [1.82, 2.24) is 15.5 Å². The Bertz CT molecular complexity index is 168. The molecule has 1 saturated heterocycles. The van der Waals surface area contributed by atoms with Crippen LogP contribution in [0.5, 0.6) is 0 Å². The van der Waals surface area contributed by atoms with Gasteiger partial charge in [0.25, 0.3) is 0 Å². The lowest BCUT2D eigenvalue weighted by atomic mass is 10.3. The van der Waals surface area contributed by atoms with Gasteiger partial charge in [0.1, 0.15) is 6.29 Å². The summed E-state index contributed by atoms with van der Waals surface area (Å²) in [7, 11) is 0. The van der Waals surface area contributed by atoms with E-state index in [1.165, 1.54) is 0 Å². The van der Waals surface area contributed by atoms with Crippen LogP contribution >= 0.6 is 0 Å². The van der Waals surface area contributed by atoms with Gasteiger partial charge in [-0.3, -0.25) is 15.5 Å². The molecule has 0 spiro atoms. The van der Waals surface area contributed by atoms with Gasteiger partial charge < -0.3 is 5.73 Å². The summed E-state index contributed by atoms with van der Waals surface area (Å²) >= 11 is 0. The summed E-state index contributed by atoms with van der Waals surface area (Å²) in [5, 5.41) is 6.32. The summed E-state index contributed by atoms with van der Waals surface area (Å²) in [5.74, 6) is 0. The van der Waals surface area contributed by atoms with Crippen LogP contribution in [-0.4, -0.2) is 36.9 Å². The Labute approximate surface area is 78.6 Å². The van der Waals surface area contributed by atoms with Gasteiger partial charge in [-0.05, 0) is 6.42 Å². The van der Waals surface area contributed by atoms with Crippen LogP contribution in [0.4, 0.5) is 4.79 Å². The molecule has 0 bridgehead atoms. The second-order valence-corrected chi connectivity index (χ2v) is 3.20. The molecule has 1 rings (SSSR count). The van der Waals surface area contributed by atoms with Crippen LogP contribution in [0.15, 0.2) is 0 Å². The van der Waals surface area contributed by atoms with E-state index in [1.807, 2.05) is 0 Å². The zero-order chi connectivity index (χ0) is 9.68. The molecular weight excluding hydrogens is 168 g/mol. The molecule has 0 radical (unpaired) electrons. The molecule has 0 aromatic heterocycles. The second-order valence-electron chi connectivity index (χ2n) is 3.20. The van der Waals surface area contributed by atoms with E-state index in [1.54, 1.807) is 4.90 Å². The van der Waals surface area contributed by atoms with Gasteiger partial charge in [-0.1, -0.05) is 13.3 Å². The fourth-order valence-corrected chi connectivity index (χ4v) is 1.41. The smallest absolute Gasteiger partial charge is 0.317 e. The number of amides is 2. The van der Waals surface area contributed by atoms with Gasteiger partial charge >= 0.3 is 6.03 Å². The SMILES string of the molecule is CCCCN(C(N)=O)C1NCCN1. The van der Waals surface area contributed by atoms with Crippen LogP contribution in [0.1, 0.15) is 19.8 Å². The molecule has 0 atom stereocenters. The summed E-state index contributed by atoms with van der Waals surface area (Å²) in [6.07, 6.45) is 1.99. The van der Waals surface area contributed by atoms with Gasteiger partial charge in [-0.25, -0.2) is 4.79 Å². The van der Waals surface area contributed by atoms with E-state index >= 15 is 0 Å². The van der Waals surface area contributed by atoms with Crippen molar-refractivity contribution in [2.75, 3.05) is 19.6 Å². The van der Waals surface area contributed by atoms with Gasteiger partial charge in [0.2, 0.25) is 0 Å². The van der Waals surface area contributed by atoms with Gasteiger partial charge in [-0.15, -0.1) is 0 Å². The standard InChI is InChI=1S/C8H18N4O/c1-2-3-6-12(7(9)13)8-10-4-5-11-8/h8,10-11H,2-6H2,1H3,(H2,9,13). The first-order chi connectivity index (χ1) is 6.25. The largest absolute Gasteiger partial charge is 0.351 e. The minimum atomic E-state index is -0.361. The van der Waals surface area contributed by atoms with Gasteiger partial charge in [0, 0.05) is 19.6 Å². The van der Waals surface area contributed by atoms with Crippen molar-refractivity contribution in [3.63, 3.8) is 0 Å². The Kier molecular flexibility index (Phi) is 3.98. The molecule has 1 fully saturated rings. The number of primary amides is 1. The molecular formula is C8H18N4O. The number of urea groups is 1. The number of hydrogen-bond acceptors (Lipinski definition) is 3. The molecule has 0 aliphatic carbocycles. The Morgan fingerprint density at radius 2 is 2.15 bits per heavy atom. The van der Waals surface area contributed by atoms with Crippen LogP contribution in [0, 0.1) is 0 Å². The molecule has 1 heterocycles. The molecule has 4 N–H and O–H groups in total. The third-order valence-electron chi connectivity index (χ3n) is 2.15. The molecule has 2 amide bonds. The number of carbonyl (C=O) groups is 1. The highest BCUT2D eigenvalue weighted by Crippen LogP contribution is 2.00. The van der Waals surface area contributed by atoms with Gasteiger partial charge in [0.15, 0.2) is 0 Å². The van der Waals surface area contributed by atoms with E-state index < -0.39 is 0 Å². The van der Waals surface area contributed by atoms with E-state index in [0.717, 1.165) is 32.5 Å². The predicted molar refractivity (Wildman–Crippen MR) is 51.0 cm³/mol. The zero-order valence-electron chi connectivity index (χ0n) is 8.05. The predicted octanol–water partition coefficient (Wildman–Crippen LogP) is -0.356. The minimum absolute atomic E-state index is 0.0657. The lowest BCUT2D eigenvalue weighted by Gasteiger charge is -2.26. The average Bonchev–Trinajstić information content (AvgIpc) is 2.57. The minimum Gasteiger partial charge on any atom is -0.351 e. The summed E-state index contributed by atoms with van der Waals surface area (Å²) in [5.41, 5.74) is 5.26. The molecule has 0 saturated carbocycles. The van der Waals surface area contributed by atoms with Crippen molar-refractivity contribution in [1.29, 1.82) is 0 Å². The van der Waals surface area contributed by atoms with Crippen molar-refractivity contribution in [3.05, 3.63) is 0 Å². The van der Waals surface area contributed by atoms with E-state index in [-0.39, 0.29) is 12.3 Å². The van der Waals surface area contributed by atoms with Crippen LogP contribution in [-0.2, 0) is 0 Å². The quantitative estimate of drug-likeness (QED) is 0.561. The number of hydrogen-bond donors (Lipinski definition) is 3. The Morgan fingerprint density at radius 1 is 1.54 bits per heavy atom. The van der Waals surface area contributed by atoms with Crippen molar-refractivity contribution < 1.29 is 4.79 Å². The van der Waals surface area contributed by atoms with E-state index in [2.05, 4.69) is 17.6 Å². The highest BCUT2D eigenvalue weighted by molar-refractivity contribution is 5.72. The lowest BCUT2D eigenvalue weighted by Crippen LogP contribution is -2.53. The first-order valence-corrected chi connectivity index (χ1v) is 4.78. The van der Waals surface area contributed by atoms with Gasteiger partial charge in [-0.2, -0.15) is 0 Å². The molecule has 5 heteroatoms.